The minimum Gasteiger partial charge on any atom is -0.370 e. The molecule has 0 N–H and O–H groups in total. The predicted molar refractivity (Wildman–Crippen MR) is 91.5 cm³/mol. The van der Waals surface area contributed by atoms with Crippen molar-refractivity contribution < 1.29 is 4.74 Å². The van der Waals surface area contributed by atoms with Crippen molar-refractivity contribution in [2.24, 2.45) is 11.8 Å². The van der Waals surface area contributed by atoms with E-state index < -0.39 is 0 Å². The molecule has 2 heteroatoms. The Morgan fingerprint density at radius 3 is 2.55 bits per heavy atom. The third-order valence-electron chi connectivity index (χ3n) is 5.67. The van der Waals surface area contributed by atoms with Crippen LogP contribution in [0.1, 0.15) is 85.0 Å². The van der Waals surface area contributed by atoms with Gasteiger partial charge in [-0.05, 0) is 42.6 Å². The van der Waals surface area contributed by atoms with Gasteiger partial charge in [0.15, 0.2) is 0 Å². The first-order chi connectivity index (χ1) is 9.50. The van der Waals surface area contributed by atoms with Crippen LogP contribution in [-0.2, 0) is 4.74 Å². The van der Waals surface area contributed by atoms with E-state index in [-0.39, 0.29) is 0 Å². The van der Waals surface area contributed by atoms with Crippen molar-refractivity contribution in [3.8, 4) is 0 Å². The van der Waals surface area contributed by atoms with E-state index in [1.54, 1.807) is 0 Å². The highest BCUT2D eigenvalue weighted by Gasteiger charge is 2.43. The molecule has 0 spiro atoms. The van der Waals surface area contributed by atoms with Gasteiger partial charge in [0.1, 0.15) is 0 Å². The van der Waals surface area contributed by atoms with E-state index in [1.807, 2.05) is 0 Å². The first kappa shape index (κ1) is 16.5. The molecule has 2 aliphatic rings. The highest BCUT2D eigenvalue weighted by molar-refractivity contribution is 6.14. The lowest BCUT2D eigenvalue weighted by molar-refractivity contribution is 0.279. The summed E-state index contributed by atoms with van der Waals surface area (Å²) in [5, 5.41) is 0.625. The number of fused-ring (bicyclic) bond motifs is 1. The Kier molecular flexibility index (Phi) is 6.16. The first-order valence-electron chi connectivity index (χ1n) is 9.16. The quantitative estimate of drug-likeness (QED) is 0.347. The molecule has 4 unspecified atom stereocenters. The molecule has 1 saturated carbocycles. The van der Waals surface area contributed by atoms with Gasteiger partial charge in [0.2, 0.25) is 0 Å². The zero-order chi connectivity index (χ0) is 14.6. The zero-order valence-electron chi connectivity index (χ0n) is 14.3. The predicted octanol–water partition coefficient (Wildman–Crippen LogP) is 4.48. The molecule has 4 atom stereocenters. The van der Waals surface area contributed by atoms with Gasteiger partial charge in [-0.2, -0.15) is 0 Å². The highest BCUT2D eigenvalue weighted by atomic mass is 28.1. The lowest BCUT2D eigenvalue weighted by Crippen LogP contribution is -2.20. The van der Waals surface area contributed by atoms with Gasteiger partial charge in [-0.1, -0.05) is 59.3 Å². The number of epoxide rings is 1. The van der Waals surface area contributed by atoms with Crippen LogP contribution in [-0.4, -0.2) is 22.5 Å². The summed E-state index contributed by atoms with van der Waals surface area (Å²) in [5.41, 5.74) is 0. The molecule has 0 aromatic carbocycles. The Labute approximate surface area is 129 Å². The van der Waals surface area contributed by atoms with Crippen molar-refractivity contribution in [2.75, 3.05) is 0 Å². The van der Waals surface area contributed by atoms with Crippen LogP contribution in [0.25, 0.3) is 0 Å². The number of hydrogen-bond acceptors (Lipinski definition) is 1. The maximum Gasteiger partial charge on any atom is 0.0844 e. The Bertz CT molecular complexity index is 284. The minimum atomic E-state index is 0.625. The lowest BCUT2D eigenvalue weighted by atomic mass is 9.79. The topological polar surface area (TPSA) is 12.5 Å². The average molecular weight is 297 g/mol. The number of rotatable bonds is 9. The van der Waals surface area contributed by atoms with Gasteiger partial charge in [-0.25, -0.2) is 0 Å². The van der Waals surface area contributed by atoms with Gasteiger partial charge < -0.3 is 4.74 Å². The Morgan fingerprint density at radius 1 is 1.10 bits per heavy atom. The third kappa shape index (κ3) is 5.18. The van der Waals surface area contributed by atoms with Crippen LogP contribution in [0.2, 0.25) is 5.04 Å². The summed E-state index contributed by atoms with van der Waals surface area (Å²) < 4.78 is 5.68. The number of hydrogen-bond donors (Lipinski definition) is 0. The third-order valence-corrected chi connectivity index (χ3v) is 6.48. The van der Waals surface area contributed by atoms with E-state index in [0.717, 1.165) is 11.8 Å². The summed E-state index contributed by atoms with van der Waals surface area (Å²) in [6, 6.07) is 0. The molecule has 1 heterocycles. The second kappa shape index (κ2) is 7.44. The van der Waals surface area contributed by atoms with E-state index >= 15 is 0 Å². The molecular formula is C18H36OSi. The Morgan fingerprint density at radius 2 is 1.90 bits per heavy atom. The van der Waals surface area contributed by atoms with Gasteiger partial charge in [0.25, 0.3) is 0 Å². The molecule has 1 aliphatic carbocycles. The highest BCUT2D eigenvalue weighted by Crippen LogP contribution is 2.44. The Hall–Kier alpha value is 0.177. The second-order valence-electron chi connectivity index (χ2n) is 8.38. The summed E-state index contributed by atoms with van der Waals surface area (Å²) in [5.74, 6) is 1.95. The molecule has 118 valence electrons. The number of ether oxygens (including phenoxy) is 1. The van der Waals surface area contributed by atoms with E-state index in [2.05, 4.69) is 20.8 Å². The van der Waals surface area contributed by atoms with Gasteiger partial charge >= 0.3 is 0 Å². The van der Waals surface area contributed by atoms with E-state index in [4.69, 9.17) is 4.74 Å². The van der Waals surface area contributed by atoms with Crippen LogP contribution in [0.4, 0.5) is 0 Å². The smallest absolute Gasteiger partial charge is 0.0844 e. The molecule has 1 saturated heterocycles. The normalized spacial score (nSPS) is 31.1. The number of unbranched alkanes of at least 4 members (excludes halogenated alkanes) is 3. The van der Waals surface area contributed by atoms with Crippen LogP contribution < -0.4 is 0 Å². The fourth-order valence-electron chi connectivity index (χ4n) is 4.01. The van der Waals surface area contributed by atoms with Gasteiger partial charge in [-0.15, -0.1) is 0 Å². The van der Waals surface area contributed by atoms with Gasteiger partial charge in [0, 0.05) is 10.2 Å². The van der Waals surface area contributed by atoms with Crippen LogP contribution >= 0.6 is 0 Å². The van der Waals surface area contributed by atoms with Gasteiger partial charge in [0.05, 0.1) is 12.2 Å². The second-order valence-corrected chi connectivity index (χ2v) is 11.0. The van der Waals surface area contributed by atoms with Crippen molar-refractivity contribution >= 4 is 10.2 Å². The van der Waals surface area contributed by atoms with Crippen molar-refractivity contribution in [2.45, 2.75) is 102 Å². The maximum atomic E-state index is 5.68. The SMILES string of the molecule is CCCCCCC(CCC1CCC2OC2C1)C(C)(C)[SiH3]. The largest absolute Gasteiger partial charge is 0.370 e. The molecule has 1 aliphatic heterocycles. The van der Waals surface area contributed by atoms with E-state index in [1.165, 1.54) is 74.5 Å². The molecule has 1 nitrogen and oxygen atoms in total. The lowest BCUT2D eigenvalue weighted by Gasteiger charge is -2.32. The van der Waals surface area contributed by atoms with Crippen molar-refractivity contribution in [1.29, 1.82) is 0 Å². The zero-order valence-corrected chi connectivity index (χ0v) is 16.3. The molecule has 0 bridgehead atoms. The first-order valence-corrected chi connectivity index (χ1v) is 10.2. The molecular weight excluding hydrogens is 260 g/mol. The summed E-state index contributed by atoms with van der Waals surface area (Å²) >= 11 is 0. The molecule has 0 aromatic rings. The summed E-state index contributed by atoms with van der Waals surface area (Å²) in [6.45, 7) is 7.32. The van der Waals surface area contributed by atoms with E-state index in [9.17, 15) is 0 Å². The molecule has 0 aromatic heterocycles. The van der Waals surface area contributed by atoms with Gasteiger partial charge in [-0.3, -0.25) is 0 Å². The van der Waals surface area contributed by atoms with Crippen LogP contribution in [0.5, 0.6) is 0 Å². The fraction of sp³-hybridized carbons (Fsp3) is 1.00. The fourth-order valence-corrected chi connectivity index (χ4v) is 4.59. The summed E-state index contributed by atoms with van der Waals surface area (Å²) in [4.78, 5) is 0. The van der Waals surface area contributed by atoms with Crippen molar-refractivity contribution in [3.05, 3.63) is 0 Å². The molecule has 2 rings (SSSR count). The maximum absolute atomic E-state index is 5.68. The van der Waals surface area contributed by atoms with Crippen LogP contribution in [0.15, 0.2) is 0 Å². The molecule has 0 radical (unpaired) electrons. The molecule has 2 fully saturated rings. The summed E-state index contributed by atoms with van der Waals surface area (Å²) in [7, 11) is 1.34. The summed E-state index contributed by atoms with van der Waals surface area (Å²) in [6.07, 6.45) is 15.6. The standard InChI is InChI=1S/C18H36OSi/c1-4-5-6-7-8-15(18(2,3)20)11-9-14-10-12-16-17(13-14)19-16/h14-17H,4-13H2,1-3,20H3. The average Bonchev–Trinajstić information content (AvgIpc) is 3.14. The van der Waals surface area contributed by atoms with E-state index in [0.29, 0.717) is 17.2 Å². The molecule has 0 amide bonds. The van der Waals surface area contributed by atoms with Crippen LogP contribution in [0.3, 0.4) is 0 Å². The van der Waals surface area contributed by atoms with Crippen molar-refractivity contribution in [1.82, 2.24) is 0 Å². The van der Waals surface area contributed by atoms with Crippen LogP contribution in [0, 0.1) is 11.8 Å². The minimum absolute atomic E-state index is 0.625. The monoisotopic (exact) mass is 296 g/mol. The Balaban J connectivity index is 1.69. The molecule has 20 heavy (non-hydrogen) atoms. The van der Waals surface area contributed by atoms with Crippen molar-refractivity contribution in [3.63, 3.8) is 0 Å².